The van der Waals surface area contributed by atoms with Crippen LogP contribution in [0.1, 0.15) is 45.6 Å². The first-order valence-electron chi connectivity index (χ1n) is 9.40. The quantitative estimate of drug-likeness (QED) is 0.879. The number of nitrogens with zero attached hydrogens (tertiary/aromatic N) is 2. The van der Waals surface area contributed by atoms with Crippen LogP contribution in [0, 0.1) is 11.7 Å². The maximum absolute atomic E-state index is 14.0. The SMILES string of the molecule is CC(C)NC(=O)[C@@H]1CCCN(C(=O)[C@@]2(C)CC(c3ccccc3F)=NO2)C1. The van der Waals surface area contributed by atoms with Crippen LogP contribution in [0.4, 0.5) is 4.39 Å². The number of nitrogens with one attached hydrogen (secondary N) is 1. The number of rotatable bonds is 4. The molecular formula is C20H26FN3O3. The lowest BCUT2D eigenvalue weighted by atomic mass is 9.91. The number of oxime groups is 1. The van der Waals surface area contributed by atoms with Crippen LogP contribution in [-0.2, 0) is 14.4 Å². The Bertz CT molecular complexity index is 765. The molecule has 2 aliphatic heterocycles. The summed E-state index contributed by atoms with van der Waals surface area (Å²) in [7, 11) is 0. The highest BCUT2D eigenvalue weighted by atomic mass is 19.1. The van der Waals surface area contributed by atoms with Gasteiger partial charge in [0.15, 0.2) is 0 Å². The number of hydrogen-bond donors (Lipinski definition) is 1. The average molecular weight is 375 g/mol. The van der Waals surface area contributed by atoms with E-state index in [0.717, 1.165) is 12.8 Å². The van der Waals surface area contributed by atoms with Crippen molar-refractivity contribution in [1.29, 1.82) is 0 Å². The molecule has 0 unspecified atom stereocenters. The summed E-state index contributed by atoms with van der Waals surface area (Å²) in [5, 5.41) is 6.89. The number of hydrogen-bond acceptors (Lipinski definition) is 4. The van der Waals surface area contributed by atoms with Crippen molar-refractivity contribution >= 4 is 17.5 Å². The minimum atomic E-state index is -1.17. The summed E-state index contributed by atoms with van der Waals surface area (Å²) in [6.45, 7) is 6.45. The lowest BCUT2D eigenvalue weighted by Crippen LogP contribution is -2.53. The van der Waals surface area contributed by atoms with Crippen LogP contribution in [0.2, 0.25) is 0 Å². The molecule has 3 rings (SSSR count). The van der Waals surface area contributed by atoms with Crippen LogP contribution in [0.15, 0.2) is 29.4 Å². The van der Waals surface area contributed by atoms with E-state index in [4.69, 9.17) is 4.84 Å². The van der Waals surface area contributed by atoms with E-state index in [1.165, 1.54) is 6.07 Å². The molecule has 7 heteroatoms. The minimum Gasteiger partial charge on any atom is -0.379 e. The van der Waals surface area contributed by atoms with Crippen molar-refractivity contribution < 1.29 is 18.8 Å². The molecule has 1 saturated heterocycles. The van der Waals surface area contributed by atoms with Crippen molar-refractivity contribution in [2.24, 2.45) is 11.1 Å². The molecule has 6 nitrogen and oxygen atoms in total. The van der Waals surface area contributed by atoms with Crippen LogP contribution in [0.3, 0.4) is 0 Å². The van der Waals surface area contributed by atoms with E-state index >= 15 is 0 Å². The Balaban J connectivity index is 1.67. The second-order valence-electron chi connectivity index (χ2n) is 7.77. The summed E-state index contributed by atoms with van der Waals surface area (Å²) < 4.78 is 14.0. The van der Waals surface area contributed by atoms with E-state index in [1.807, 2.05) is 13.8 Å². The third-order valence-corrected chi connectivity index (χ3v) is 5.01. The molecule has 2 aliphatic rings. The van der Waals surface area contributed by atoms with Crippen LogP contribution < -0.4 is 5.32 Å². The van der Waals surface area contributed by atoms with Crippen molar-refractivity contribution in [2.75, 3.05) is 13.1 Å². The zero-order chi connectivity index (χ0) is 19.6. The van der Waals surface area contributed by atoms with Gasteiger partial charge in [-0.1, -0.05) is 23.4 Å². The van der Waals surface area contributed by atoms with E-state index in [9.17, 15) is 14.0 Å². The van der Waals surface area contributed by atoms with Crippen LogP contribution in [0.5, 0.6) is 0 Å². The van der Waals surface area contributed by atoms with E-state index in [-0.39, 0.29) is 36.0 Å². The molecule has 0 aliphatic carbocycles. The molecule has 0 bridgehead atoms. The van der Waals surface area contributed by atoms with Gasteiger partial charge in [-0.05, 0) is 39.7 Å². The van der Waals surface area contributed by atoms with Crippen molar-refractivity contribution in [3.05, 3.63) is 35.6 Å². The standard InChI is InChI=1S/C20H26FN3O3/c1-13(2)22-18(25)14-7-6-10-24(12-14)19(26)20(3)11-17(23-27-20)15-8-4-5-9-16(15)21/h4-5,8-9,13-14H,6-7,10-12H2,1-3H3,(H,22,25)/t14-,20-/m1/s1. The van der Waals surface area contributed by atoms with Crippen molar-refractivity contribution in [1.82, 2.24) is 10.2 Å². The van der Waals surface area contributed by atoms with Gasteiger partial charge in [-0.2, -0.15) is 0 Å². The molecule has 146 valence electrons. The predicted octanol–water partition coefficient (Wildman–Crippen LogP) is 2.47. The molecule has 2 amide bonds. The lowest BCUT2D eigenvalue weighted by Gasteiger charge is -2.36. The number of halogens is 1. The smallest absolute Gasteiger partial charge is 0.269 e. The fraction of sp³-hybridized carbons (Fsp3) is 0.550. The minimum absolute atomic E-state index is 0.0247. The van der Waals surface area contributed by atoms with Gasteiger partial charge in [0, 0.05) is 31.1 Å². The fourth-order valence-electron chi connectivity index (χ4n) is 3.61. The third kappa shape index (κ3) is 4.12. The van der Waals surface area contributed by atoms with Gasteiger partial charge in [-0.3, -0.25) is 9.59 Å². The summed E-state index contributed by atoms with van der Waals surface area (Å²) in [4.78, 5) is 32.5. The van der Waals surface area contributed by atoms with E-state index in [1.54, 1.807) is 30.0 Å². The van der Waals surface area contributed by atoms with Crippen LogP contribution in [0.25, 0.3) is 0 Å². The Morgan fingerprint density at radius 3 is 2.81 bits per heavy atom. The Kier molecular flexibility index (Phi) is 5.48. The molecule has 2 atom stereocenters. The maximum Gasteiger partial charge on any atom is 0.269 e. The second kappa shape index (κ2) is 7.66. The third-order valence-electron chi connectivity index (χ3n) is 5.01. The second-order valence-corrected chi connectivity index (χ2v) is 7.77. The largest absolute Gasteiger partial charge is 0.379 e. The van der Waals surface area contributed by atoms with Gasteiger partial charge in [-0.15, -0.1) is 0 Å². The molecule has 0 radical (unpaired) electrons. The number of carbonyl (C=O) groups is 2. The van der Waals surface area contributed by atoms with E-state index < -0.39 is 5.60 Å². The molecule has 27 heavy (non-hydrogen) atoms. The highest BCUT2D eigenvalue weighted by Gasteiger charge is 2.46. The van der Waals surface area contributed by atoms with Gasteiger partial charge in [0.05, 0.1) is 11.6 Å². The Hall–Kier alpha value is -2.44. The fourth-order valence-corrected chi connectivity index (χ4v) is 3.61. The van der Waals surface area contributed by atoms with Crippen LogP contribution in [-0.4, -0.2) is 47.2 Å². The molecule has 1 aromatic carbocycles. The average Bonchev–Trinajstić information content (AvgIpc) is 3.04. The number of carbonyl (C=O) groups excluding carboxylic acids is 2. The zero-order valence-corrected chi connectivity index (χ0v) is 16.0. The molecule has 0 aromatic heterocycles. The summed E-state index contributed by atoms with van der Waals surface area (Å²) in [5.74, 6) is -0.843. The van der Waals surface area contributed by atoms with Gasteiger partial charge in [-0.25, -0.2) is 4.39 Å². The summed E-state index contributed by atoms with van der Waals surface area (Å²) >= 11 is 0. The molecule has 1 aromatic rings. The molecule has 1 N–H and O–H groups in total. The summed E-state index contributed by atoms with van der Waals surface area (Å²) in [5.41, 5.74) is -0.398. The summed E-state index contributed by atoms with van der Waals surface area (Å²) in [6.07, 6.45) is 1.72. The Labute approximate surface area is 158 Å². The van der Waals surface area contributed by atoms with Gasteiger partial charge in [0.25, 0.3) is 5.91 Å². The first-order chi connectivity index (χ1) is 12.8. The number of piperidine rings is 1. The van der Waals surface area contributed by atoms with Gasteiger partial charge < -0.3 is 15.1 Å². The summed E-state index contributed by atoms with van der Waals surface area (Å²) in [6, 6.07) is 6.38. The number of likely N-dealkylation sites (tertiary alicyclic amines) is 1. The molecule has 1 fully saturated rings. The molecule has 2 heterocycles. The van der Waals surface area contributed by atoms with E-state index in [2.05, 4.69) is 10.5 Å². The number of benzene rings is 1. The normalized spacial score (nSPS) is 25.1. The van der Waals surface area contributed by atoms with Gasteiger partial charge in [0.2, 0.25) is 11.5 Å². The Morgan fingerprint density at radius 1 is 1.37 bits per heavy atom. The number of amides is 2. The van der Waals surface area contributed by atoms with Crippen molar-refractivity contribution in [2.45, 2.75) is 51.7 Å². The highest BCUT2D eigenvalue weighted by molar-refractivity contribution is 6.05. The predicted molar refractivity (Wildman–Crippen MR) is 99.6 cm³/mol. The maximum atomic E-state index is 14.0. The molecular weight excluding hydrogens is 349 g/mol. The van der Waals surface area contributed by atoms with Gasteiger partial charge in [0.1, 0.15) is 5.82 Å². The first-order valence-corrected chi connectivity index (χ1v) is 9.40. The zero-order valence-electron chi connectivity index (χ0n) is 16.0. The van der Waals surface area contributed by atoms with Crippen LogP contribution >= 0.6 is 0 Å². The molecule has 0 saturated carbocycles. The van der Waals surface area contributed by atoms with Crippen molar-refractivity contribution in [3.63, 3.8) is 0 Å². The van der Waals surface area contributed by atoms with Crippen molar-refractivity contribution in [3.8, 4) is 0 Å². The van der Waals surface area contributed by atoms with E-state index in [0.29, 0.717) is 24.4 Å². The molecule has 0 spiro atoms. The highest BCUT2D eigenvalue weighted by Crippen LogP contribution is 2.31. The first kappa shape index (κ1) is 19.3. The lowest BCUT2D eigenvalue weighted by molar-refractivity contribution is -0.155. The topological polar surface area (TPSA) is 71.0 Å². The van der Waals surface area contributed by atoms with Gasteiger partial charge >= 0.3 is 0 Å². The monoisotopic (exact) mass is 375 g/mol. The Morgan fingerprint density at radius 2 is 2.11 bits per heavy atom.